The molecule has 2 atom stereocenters. The molecule has 1 fully saturated rings. The fraction of sp³-hybridized carbons (Fsp3) is 0.632. The Labute approximate surface area is 168 Å². The van der Waals surface area contributed by atoms with E-state index >= 15 is 0 Å². The Morgan fingerprint density at radius 3 is 2.60 bits per heavy atom. The number of piperidine rings is 1. The molecule has 0 aliphatic carbocycles. The minimum absolute atomic E-state index is 0. The van der Waals surface area contributed by atoms with Crippen molar-refractivity contribution in [2.24, 2.45) is 16.8 Å². The van der Waals surface area contributed by atoms with Crippen LogP contribution in [0.5, 0.6) is 11.5 Å². The first kappa shape index (κ1) is 21.9. The molecular weight excluding hydrogens is 429 g/mol. The van der Waals surface area contributed by atoms with E-state index in [1.807, 2.05) is 12.1 Å². The zero-order chi connectivity index (χ0) is 17.5. The molecule has 1 saturated heterocycles. The first-order valence-electron chi connectivity index (χ1n) is 8.92. The number of benzene rings is 1. The van der Waals surface area contributed by atoms with Gasteiger partial charge in [-0.15, -0.1) is 24.0 Å². The minimum atomic E-state index is 0. The number of nitrogens with one attached hydrogen (secondary N) is 1. The SMILES string of the molecule is CCNC(=NCCc1ccc(O)c(OC)c1)N1CC(C)CC(C)C1.I. The number of aromatic hydroxyl groups is 1. The van der Waals surface area contributed by atoms with Crippen molar-refractivity contribution in [1.82, 2.24) is 10.2 Å². The van der Waals surface area contributed by atoms with Gasteiger partial charge < -0.3 is 20.1 Å². The molecule has 1 aliphatic rings. The van der Waals surface area contributed by atoms with Gasteiger partial charge in [-0.3, -0.25) is 4.99 Å². The van der Waals surface area contributed by atoms with Gasteiger partial charge in [0, 0.05) is 26.2 Å². The highest BCUT2D eigenvalue weighted by Gasteiger charge is 2.23. The summed E-state index contributed by atoms with van der Waals surface area (Å²) in [7, 11) is 1.57. The van der Waals surface area contributed by atoms with E-state index in [-0.39, 0.29) is 29.7 Å². The summed E-state index contributed by atoms with van der Waals surface area (Å²) in [6, 6.07) is 5.48. The van der Waals surface area contributed by atoms with Crippen LogP contribution >= 0.6 is 24.0 Å². The quantitative estimate of drug-likeness (QED) is 0.401. The zero-order valence-corrected chi connectivity index (χ0v) is 18.1. The molecule has 1 aliphatic heterocycles. The van der Waals surface area contributed by atoms with Crippen LogP contribution in [0.2, 0.25) is 0 Å². The van der Waals surface area contributed by atoms with Crippen LogP contribution in [-0.4, -0.2) is 49.3 Å². The molecule has 6 heteroatoms. The summed E-state index contributed by atoms with van der Waals surface area (Å²) in [5.74, 6) is 3.12. The molecule has 0 amide bonds. The molecule has 1 aromatic rings. The summed E-state index contributed by atoms with van der Waals surface area (Å²) in [5, 5.41) is 13.1. The van der Waals surface area contributed by atoms with Gasteiger partial charge in [-0.25, -0.2) is 0 Å². The Morgan fingerprint density at radius 2 is 2.00 bits per heavy atom. The van der Waals surface area contributed by atoms with Gasteiger partial charge in [0.15, 0.2) is 17.5 Å². The Kier molecular flexibility index (Phi) is 9.38. The van der Waals surface area contributed by atoms with E-state index in [4.69, 9.17) is 9.73 Å². The molecule has 1 aromatic carbocycles. The van der Waals surface area contributed by atoms with Crippen LogP contribution in [0.4, 0.5) is 0 Å². The predicted molar refractivity (Wildman–Crippen MR) is 114 cm³/mol. The van der Waals surface area contributed by atoms with Gasteiger partial charge in [-0.2, -0.15) is 0 Å². The maximum absolute atomic E-state index is 9.67. The van der Waals surface area contributed by atoms with Crippen LogP contribution in [0.3, 0.4) is 0 Å². The first-order valence-corrected chi connectivity index (χ1v) is 8.92. The van der Waals surface area contributed by atoms with Crippen LogP contribution in [0.1, 0.15) is 32.8 Å². The van der Waals surface area contributed by atoms with E-state index < -0.39 is 0 Å². The third-order valence-corrected chi connectivity index (χ3v) is 4.41. The Morgan fingerprint density at radius 1 is 1.32 bits per heavy atom. The van der Waals surface area contributed by atoms with Crippen LogP contribution in [0.15, 0.2) is 23.2 Å². The lowest BCUT2D eigenvalue weighted by Crippen LogP contribution is -2.48. The van der Waals surface area contributed by atoms with Crippen LogP contribution in [0, 0.1) is 11.8 Å². The lowest BCUT2D eigenvalue weighted by molar-refractivity contribution is 0.208. The van der Waals surface area contributed by atoms with Gasteiger partial charge in [0.25, 0.3) is 0 Å². The smallest absolute Gasteiger partial charge is 0.193 e. The monoisotopic (exact) mass is 461 g/mol. The fourth-order valence-corrected chi connectivity index (χ4v) is 3.43. The average molecular weight is 461 g/mol. The second-order valence-electron chi connectivity index (χ2n) is 6.84. The Balaban J connectivity index is 0.00000312. The standard InChI is InChI=1S/C19H31N3O2.HI/c1-5-20-19(22-12-14(2)10-15(3)13-22)21-9-8-16-6-7-17(23)18(11-16)24-4;/h6-7,11,14-15,23H,5,8-10,12-13H2,1-4H3,(H,20,21);1H. The lowest BCUT2D eigenvalue weighted by atomic mass is 9.92. The highest BCUT2D eigenvalue weighted by Crippen LogP contribution is 2.26. The third kappa shape index (κ3) is 6.56. The third-order valence-electron chi connectivity index (χ3n) is 4.41. The first-order chi connectivity index (χ1) is 11.5. The summed E-state index contributed by atoms with van der Waals surface area (Å²) < 4.78 is 5.16. The molecule has 25 heavy (non-hydrogen) atoms. The molecule has 0 aromatic heterocycles. The number of rotatable bonds is 5. The van der Waals surface area contributed by atoms with Gasteiger partial charge in [0.1, 0.15) is 0 Å². The van der Waals surface area contributed by atoms with Crippen molar-refractivity contribution in [3.05, 3.63) is 23.8 Å². The normalized spacial score (nSPS) is 20.8. The fourth-order valence-electron chi connectivity index (χ4n) is 3.43. The van der Waals surface area contributed by atoms with Crippen LogP contribution in [0.25, 0.3) is 0 Å². The number of nitrogens with zero attached hydrogens (tertiary/aromatic N) is 2. The number of likely N-dealkylation sites (tertiary alicyclic amines) is 1. The molecule has 0 bridgehead atoms. The van der Waals surface area contributed by atoms with Crippen LogP contribution < -0.4 is 10.1 Å². The number of phenols is 1. The van der Waals surface area contributed by atoms with Crippen molar-refractivity contribution in [3.8, 4) is 11.5 Å². The molecule has 5 nitrogen and oxygen atoms in total. The maximum atomic E-state index is 9.67. The number of halogens is 1. The predicted octanol–water partition coefficient (Wildman–Crippen LogP) is 3.50. The molecule has 0 spiro atoms. The van der Waals surface area contributed by atoms with Gasteiger partial charge in [-0.05, 0) is 49.3 Å². The van der Waals surface area contributed by atoms with E-state index in [0.717, 1.165) is 44.1 Å². The molecule has 0 radical (unpaired) electrons. The molecule has 142 valence electrons. The Bertz CT molecular complexity index is 556. The molecule has 1 heterocycles. The zero-order valence-electron chi connectivity index (χ0n) is 15.8. The highest BCUT2D eigenvalue weighted by atomic mass is 127. The number of hydrogen-bond acceptors (Lipinski definition) is 3. The number of aliphatic imine (C=N–C) groups is 1. The van der Waals surface area contributed by atoms with E-state index in [9.17, 15) is 5.11 Å². The van der Waals surface area contributed by atoms with Crippen molar-refractivity contribution in [3.63, 3.8) is 0 Å². The number of hydrogen-bond donors (Lipinski definition) is 2. The Hall–Kier alpha value is -1.18. The minimum Gasteiger partial charge on any atom is -0.504 e. The van der Waals surface area contributed by atoms with Crippen molar-refractivity contribution < 1.29 is 9.84 Å². The van der Waals surface area contributed by atoms with Crippen molar-refractivity contribution in [1.29, 1.82) is 0 Å². The van der Waals surface area contributed by atoms with Gasteiger partial charge in [0.2, 0.25) is 0 Å². The molecular formula is C19H32IN3O2. The van der Waals surface area contributed by atoms with Gasteiger partial charge in [0.05, 0.1) is 7.11 Å². The second kappa shape index (κ2) is 10.7. The van der Waals surface area contributed by atoms with E-state index in [0.29, 0.717) is 17.6 Å². The number of guanidine groups is 1. The van der Waals surface area contributed by atoms with Crippen LogP contribution in [-0.2, 0) is 6.42 Å². The van der Waals surface area contributed by atoms with E-state index in [1.165, 1.54) is 6.42 Å². The number of phenolic OH excluding ortho intramolecular Hbond substituents is 1. The highest BCUT2D eigenvalue weighted by molar-refractivity contribution is 14.0. The number of methoxy groups -OCH3 is 1. The summed E-state index contributed by atoms with van der Waals surface area (Å²) >= 11 is 0. The van der Waals surface area contributed by atoms with E-state index in [2.05, 4.69) is 31.0 Å². The van der Waals surface area contributed by atoms with Crippen molar-refractivity contribution in [2.75, 3.05) is 33.3 Å². The van der Waals surface area contributed by atoms with Crippen molar-refractivity contribution >= 4 is 29.9 Å². The summed E-state index contributed by atoms with van der Waals surface area (Å²) in [6.07, 6.45) is 2.12. The van der Waals surface area contributed by atoms with Gasteiger partial charge in [-0.1, -0.05) is 19.9 Å². The average Bonchev–Trinajstić information content (AvgIpc) is 2.54. The van der Waals surface area contributed by atoms with Crippen molar-refractivity contribution in [2.45, 2.75) is 33.6 Å². The van der Waals surface area contributed by atoms with Gasteiger partial charge >= 0.3 is 0 Å². The summed E-state index contributed by atoms with van der Waals surface area (Å²) in [6.45, 7) is 10.5. The lowest BCUT2D eigenvalue weighted by Gasteiger charge is -2.37. The maximum Gasteiger partial charge on any atom is 0.193 e. The largest absolute Gasteiger partial charge is 0.504 e. The number of ether oxygens (including phenoxy) is 1. The summed E-state index contributed by atoms with van der Waals surface area (Å²) in [5.41, 5.74) is 1.12. The summed E-state index contributed by atoms with van der Waals surface area (Å²) in [4.78, 5) is 7.20. The molecule has 2 rings (SSSR count). The molecule has 2 unspecified atom stereocenters. The molecule has 2 N–H and O–H groups in total. The van der Waals surface area contributed by atoms with E-state index in [1.54, 1.807) is 13.2 Å². The molecule has 0 saturated carbocycles. The second-order valence-corrected chi connectivity index (χ2v) is 6.84. The topological polar surface area (TPSA) is 57.1 Å².